The summed E-state index contributed by atoms with van der Waals surface area (Å²) in [6.45, 7) is 2.00. The summed E-state index contributed by atoms with van der Waals surface area (Å²) in [5.41, 5.74) is 5.27. The maximum absolute atomic E-state index is 4.80. The Morgan fingerprint density at radius 1 is 0.870 bits per heavy atom. The van der Waals surface area contributed by atoms with Crippen LogP contribution < -0.4 is 0 Å². The van der Waals surface area contributed by atoms with Crippen LogP contribution in [0.15, 0.2) is 72.1 Å². The van der Waals surface area contributed by atoms with Crippen LogP contribution in [0.2, 0.25) is 0 Å². The fourth-order valence-corrected chi connectivity index (χ4v) is 3.29. The lowest BCUT2D eigenvalue weighted by atomic mass is 10.1. The minimum Gasteiger partial charge on any atom is -0.224 e. The van der Waals surface area contributed by atoms with Crippen LogP contribution in [-0.2, 0) is 0 Å². The number of nitrogens with zero attached hydrogens (tertiary/aromatic N) is 3. The summed E-state index contributed by atoms with van der Waals surface area (Å²) in [5, 5.41) is 7.75. The zero-order valence-electron chi connectivity index (χ0n) is 12.7. The van der Waals surface area contributed by atoms with Gasteiger partial charge in [0, 0.05) is 16.5 Å². The molecule has 0 unspecified atom stereocenters. The first kappa shape index (κ1) is 13.9. The summed E-state index contributed by atoms with van der Waals surface area (Å²) < 4.78 is 1.94. The molecule has 23 heavy (non-hydrogen) atoms. The Morgan fingerprint density at radius 2 is 1.52 bits per heavy atom. The second-order valence-corrected chi connectivity index (χ2v) is 6.17. The molecule has 0 aliphatic rings. The van der Waals surface area contributed by atoms with Crippen LogP contribution in [0, 0.1) is 6.92 Å². The Kier molecular flexibility index (Phi) is 3.52. The minimum absolute atomic E-state index is 0.892. The lowest BCUT2D eigenvalue weighted by molar-refractivity contribution is 0.876. The molecular weight excluding hydrogens is 302 g/mol. The molecule has 4 aromatic rings. The second kappa shape index (κ2) is 5.82. The molecule has 0 aliphatic heterocycles. The summed E-state index contributed by atoms with van der Waals surface area (Å²) in [6.07, 6.45) is 0. The highest BCUT2D eigenvalue weighted by Crippen LogP contribution is 2.29. The first-order chi connectivity index (χ1) is 11.3. The number of aryl methyl sites for hydroxylation is 1. The van der Waals surface area contributed by atoms with Gasteiger partial charge in [0.2, 0.25) is 5.13 Å². The monoisotopic (exact) mass is 317 g/mol. The lowest BCUT2D eigenvalue weighted by Gasteiger charge is -2.03. The fourth-order valence-electron chi connectivity index (χ4n) is 2.53. The molecule has 2 aromatic carbocycles. The molecule has 0 saturated carbocycles. The largest absolute Gasteiger partial charge is 0.224 e. The van der Waals surface area contributed by atoms with Crippen LogP contribution in [-0.4, -0.2) is 14.8 Å². The Hall–Kier alpha value is -2.72. The van der Waals surface area contributed by atoms with Crippen LogP contribution in [0.1, 0.15) is 5.69 Å². The van der Waals surface area contributed by atoms with Gasteiger partial charge in [-0.1, -0.05) is 60.7 Å². The highest BCUT2D eigenvalue weighted by Gasteiger charge is 2.14. The predicted octanol–water partition coefficient (Wildman–Crippen LogP) is 4.97. The Bertz CT molecular complexity index is 924. The van der Waals surface area contributed by atoms with Gasteiger partial charge in [0.15, 0.2) is 0 Å². The summed E-state index contributed by atoms with van der Waals surface area (Å²) >= 11 is 1.61. The molecule has 0 fully saturated rings. The van der Waals surface area contributed by atoms with Crippen LogP contribution in [0.25, 0.3) is 27.6 Å². The average Bonchev–Trinajstić information content (AvgIpc) is 3.23. The van der Waals surface area contributed by atoms with Gasteiger partial charge in [-0.2, -0.15) is 5.10 Å². The molecule has 4 heteroatoms. The molecule has 0 atom stereocenters. The summed E-state index contributed by atoms with van der Waals surface area (Å²) in [4.78, 5) is 4.59. The van der Waals surface area contributed by atoms with E-state index in [4.69, 9.17) is 5.10 Å². The van der Waals surface area contributed by atoms with Crippen molar-refractivity contribution in [2.75, 3.05) is 0 Å². The molecule has 0 saturated heterocycles. The van der Waals surface area contributed by atoms with Gasteiger partial charge in [-0.3, -0.25) is 0 Å². The smallest absolute Gasteiger partial charge is 0.211 e. The van der Waals surface area contributed by atoms with Crippen molar-refractivity contribution in [3.63, 3.8) is 0 Å². The molecule has 4 rings (SSSR count). The van der Waals surface area contributed by atoms with Gasteiger partial charge in [0.25, 0.3) is 0 Å². The maximum Gasteiger partial charge on any atom is 0.211 e. The van der Waals surface area contributed by atoms with Crippen molar-refractivity contribution < 1.29 is 0 Å². The van der Waals surface area contributed by atoms with Crippen molar-refractivity contribution in [3.05, 3.63) is 77.8 Å². The zero-order valence-corrected chi connectivity index (χ0v) is 13.5. The summed E-state index contributed by atoms with van der Waals surface area (Å²) in [5.74, 6) is 0. The Labute approximate surface area is 138 Å². The standard InChI is InChI=1S/C19H15N3S/c1-14-13-23-19(20-14)22-18(16-10-6-3-7-11-16)12-17(21-22)15-8-4-2-5-9-15/h2-13H,1H3. The molecule has 0 amide bonds. The van der Waals surface area contributed by atoms with E-state index in [2.05, 4.69) is 35.3 Å². The third-order valence-corrected chi connectivity index (χ3v) is 4.57. The van der Waals surface area contributed by atoms with Crippen molar-refractivity contribution >= 4 is 11.3 Å². The van der Waals surface area contributed by atoms with E-state index < -0.39 is 0 Å². The van der Waals surface area contributed by atoms with Gasteiger partial charge in [-0.15, -0.1) is 11.3 Å². The van der Waals surface area contributed by atoms with Gasteiger partial charge in [0.05, 0.1) is 17.1 Å². The van der Waals surface area contributed by atoms with E-state index in [0.29, 0.717) is 0 Å². The van der Waals surface area contributed by atoms with Crippen molar-refractivity contribution in [2.24, 2.45) is 0 Å². The molecule has 2 aromatic heterocycles. The van der Waals surface area contributed by atoms with Crippen molar-refractivity contribution in [3.8, 4) is 27.6 Å². The van der Waals surface area contributed by atoms with E-state index in [0.717, 1.165) is 33.3 Å². The zero-order chi connectivity index (χ0) is 15.6. The van der Waals surface area contributed by atoms with E-state index in [-0.39, 0.29) is 0 Å². The SMILES string of the molecule is Cc1csc(-n2nc(-c3ccccc3)cc2-c2ccccc2)n1. The molecule has 0 spiro atoms. The average molecular weight is 317 g/mol. The summed E-state index contributed by atoms with van der Waals surface area (Å²) in [7, 11) is 0. The van der Waals surface area contributed by atoms with Crippen molar-refractivity contribution in [1.82, 2.24) is 14.8 Å². The molecule has 112 valence electrons. The van der Waals surface area contributed by atoms with E-state index in [1.807, 2.05) is 53.4 Å². The molecule has 0 aliphatic carbocycles. The van der Waals surface area contributed by atoms with Gasteiger partial charge in [-0.25, -0.2) is 9.67 Å². The minimum atomic E-state index is 0.892. The van der Waals surface area contributed by atoms with Crippen LogP contribution in [0.3, 0.4) is 0 Å². The fraction of sp³-hybridized carbons (Fsp3) is 0.0526. The molecule has 3 nitrogen and oxygen atoms in total. The van der Waals surface area contributed by atoms with E-state index in [1.54, 1.807) is 11.3 Å². The van der Waals surface area contributed by atoms with Gasteiger partial charge < -0.3 is 0 Å². The first-order valence-electron chi connectivity index (χ1n) is 7.45. The molecular formula is C19H15N3S. The van der Waals surface area contributed by atoms with E-state index in [1.165, 1.54) is 0 Å². The number of hydrogen-bond acceptors (Lipinski definition) is 3. The lowest BCUT2D eigenvalue weighted by Crippen LogP contribution is -1.98. The third kappa shape index (κ3) is 2.69. The predicted molar refractivity (Wildman–Crippen MR) is 94.8 cm³/mol. The van der Waals surface area contributed by atoms with Gasteiger partial charge >= 0.3 is 0 Å². The Balaban J connectivity index is 1.91. The first-order valence-corrected chi connectivity index (χ1v) is 8.32. The number of aromatic nitrogens is 3. The van der Waals surface area contributed by atoms with Gasteiger partial charge in [-0.05, 0) is 13.0 Å². The third-order valence-electron chi connectivity index (χ3n) is 3.64. The highest BCUT2D eigenvalue weighted by molar-refractivity contribution is 7.12. The normalized spacial score (nSPS) is 10.8. The maximum atomic E-state index is 4.80. The number of thiazole rings is 1. The van der Waals surface area contributed by atoms with Gasteiger partial charge in [0.1, 0.15) is 0 Å². The molecule has 0 bridgehead atoms. The van der Waals surface area contributed by atoms with E-state index >= 15 is 0 Å². The quantitative estimate of drug-likeness (QED) is 0.534. The molecule has 2 heterocycles. The van der Waals surface area contributed by atoms with Crippen LogP contribution in [0.4, 0.5) is 0 Å². The van der Waals surface area contributed by atoms with Crippen LogP contribution in [0.5, 0.6) is 0 Å². The van der Waals surface area contributed by atoms with Crippen LogP contribution >= 0.6 is 11.3 Å². The number of benzene rings is 2. The molecule has 0 N–H and O–H groups in total. The van der Waals surface area contributed by atoms with E-state index in [9.17, 15) is 0 Å². The second-order valence-electron chi connectivity index (χ2n) is 5.33. The Morgan fingerprint density at radius 3 is 2.13 bits per heavy atom. The molecule has 0 radical (unpaired) electrons. The highest BCUT2D eigenvalue weighted by atomic mass is 32.1. The van der Waals surface area contributed by atoms with Crippen molar-refractivity contribution in [2.45, 2.75) is 6.92 Å². The number of rotatable bonds is 3. The van der Waals surface area contributed by atoms with Crippen molar-refractivity contribution in [1.29, 1.82) is 0 Å². The summed E-state index contributed by atoms with van der Waals surface area (Å²) in [6, 6.07) is 22.7. The topological polar surface area (TPSA) is 30.7 Å². The number of hydrogen-bond donors (Lipinski definition) is 0.